The molecule has 2 fully saturated rings. The molecule has 1 saturated heterocycles. The summed E-state index contributed by atoms with van der Waals surface area (Å²) in [5.74, 6) is -0.726. The first-order valence-corrected chi connectivity index (χ1v) is 9.05. The number of alkyl halides is 2. The van der Waals surface area contributed by atoms with Gasteiger partial charge in [0.05, 0.1) is 5.41 Å². The van der Waals surface area contributed by atoms with E-state index in [1.54, 1.807) is 13.0 Å². The third kappa shape index (κ3) is 1.70. The summed E-state index contributed by atoms with van der Waals surface area (Å²) in [4.78, 5) is 24.8. The van der Waals surface area contributed by atoms with E-state index in [9.17, 15) is 14.7 Å². The van der Waals surface area contributed by atoms with Gasteiger partial charge >= 0.3 is 5.97 Å². The van der Waals surface area contributed by atoms with Crippen molar-refractivity contribution < 1.29 is 19.4 Å². The van der Waals surface area contributed by atoms with Crippen molar-refractivity contribution >= 4 is 43.6 Å². The summed E-state index contributed by atoms with van der Waals surface area (Å²) in [7, 11) is 0. The van der Waals surface area contributed by atoms with Gasteiger partial charge in [0.25, 0.3) is 0 Å². The minimum Gasteiger partial charge on any atom is -0.460 e. The van der Waals surface area contributed by atoms with Crippen LogP contribution >= 0.6 is 31.9 Å². The van der Waals surface area contributed by atoms with Crippen molar-refractivity contribution in [2.75, 3.05) is 5.33 Å². The number of rotatable bonds is 1. The molecule has 0 aromatic heterocycles. The van der Waals surface area contributed by atoms with Crippen LogP contribution in [-0.2, 0) is 14.3 Å². The number of ketones is 1. The number of fused-ring (bicyclic) bond motifs is 3. The fourth-order valence-electron chi connectivity index (χ4n) is 4.18. The van der Waals surface area contributed by atoms with E-state index in [0.717, 1.165) is 12.8 Å². The molecule has 0 radical (unpaired) electrons. The Balaban J connectivity index is 2.15. The Labute approximate surface area is 140 Å². The molecule has 0 aromatic rings. The second-order valence-electron chi connectivity index (χ2n) is 6.63. The number of esters is 1. The van der Waals surface area contributed by atoms with Gasteiger partial charge in [-0.1, -0.05) is 38.8 Å². The molecule has 6 atom stereocenters. The molecule has 6 heteroatoms. The van der Waals surface area contributed by atoms with Crippen LogP contribution in [0.25, 0.3) is 0 Å². The van der Waals surface area contributed by atoms with E-state index in [1.165, 1.54) is 6.08 Å². The Kier molecular flexibility index (Phi) is 3.47. The van der Waals surface area contributed by atoms with Gasteiger partial charge in [-0.2, -0.15) is 0 Å². The first-order chi connectivity index (χ1) is 9.71. The van der Waals surface area contributed by atoms with Crippen LogP contribution in [0.15, 0.2) is 12.2 Å². The monoisotopic (exact) mass is 420 g/mol. The van der Waals surface area contributed by atoms with Crippen LogP contribution in [-0.4, -0.2) is 38.2 Å². The normalized spacial score (nSPS) is 52.3. The zero-order valence-electron chi connectivity index (χ0n) is 11.9. The van der Waals surface area contributed by atoms with Crippen molar-refractivity contribution in [1.82, 2.24) is 0 Å². The molecule has 2 aliphatic carbocycles. The summed E-state index contributed by atoms with van der Waals surface area (Å²) >= 11 is 6.91. The average molecular weight is 422 g/mol. The third-order valence-corrected chi connectivity index (χ3v) is 8.61. The zero-order chi connectivity index (χ0) is 15.6. The molecule has 1 saturated carbocycles. The summed E-state index contributed by atoms with van der Waals surface area (Å²) in [6, 6.07) is 0. The highest BCUT2D eigenvalue weighted by atomic mass is 79.9. The number of allylic oxidation sites excluding steroid dienone is 1. The number of carbonyl (C=O) groups is 2. The first-order valence-electron chi connectivity index (χ1n) is 7.14. The van der Waals surface area contributed by atoms with Crippen molar-refractivity contribution in [2.24, 2.45) is 17.3 Å². The maximum absolute atomic E-state index is 12.5. The van der Waals surface area contributed by atoms with Gasteiger partial charge in [-0.25, -0.2) is 0 Å². The lowest BCUT2D eigenvalue weighted by Crippen LogP contribution is -2.57. The number of aliphatic hydroxyl groups is 1. The maximum atomic E-state index is 12.5. The third-order valence-electron chi connectivity index (χ3n) is 5.78. The van der Waals surface area contributed by atoms with Gasteiger partial charge in [0.1, 0.15) is 16.0 Å². The van der Waals surface area contributed by atoms with Gasteiger partial charge in [-0.05, 0) is 37.8 Å². The predicted molar refractivity (Wildman–Crippen MR) is 84.4 cm³/mol. The highest BCUT2D eigenvalue weighted by Crippen LogP contribution is 2.59. The molecule has 116 valence electrons. The number of hydrogen-bond acceptors (Lipinski definition) is 4. The van der Waals surface area contributed by atoms with Crippen LogP contribution in [0.5, 0.6) is 0 Å². The molecule has 4 nitrogen and oxygen atoms in total. The Morgan fingerprint density at radius 2 is 2.10 bits per heavy atom. The topological polar surface area (TPSA) is 63.6 Å². The molecule has 0 amide bonds. The summed E-state index contributed by atoms with van der Waals surface area (Å²) in [6.45, 7) is 3.68. The highest BCUT2D eigenvalue weighted by Gasteiger charge is 2.70. The van der Waals surface area contributed by atoms with Crippen LogP contribution in [0.2, 0.25) is 0 Å². The second-order valence-corrected chi connectivity index (χ2v) is 8.61. The zero-order valence-corrected chi connectivity index (χ0v) is 15.1. The Bertz CT molecular complexity index is 548. The van der Waals surface area contributed by atoms with Crippen LogP contribution in [0.1, 0.15) is 26.7 Å². The van der Waals surface area contributed by atoms with E-state index in [-0.39, 0.29) is 23.6 Å². The first kappa shape index (κ1) is 15.7. The van der Waals surface area contributed by atoms with Gasteiger partial charge in [-0.15, -0.1) is 0 Å². The second kappa shape index (κ2) is 4.65. The molecule has 0 aromatic carbocycles. The molecule has 1 unspecified atom stereocenters. The SMILES string of the molecule is C[C@H]1CC[C@@H]2[C@@H](OC(=O)C2(Br)CBr)[C@]2(C)C(=O)C=C[C@@]12O. The minimum atomic E-state index is -1.26. The lowest BCUT2D eigenvalue weighted by atomic mass is 9.64. The van der Waals surface area contributed by atoms with E-state index in [2.05, 4.69) is 31.9 Å². The van der Waals surface area contributed by atoms with E-state index >= 15 is 0 Å². The van der Waals surface area contributed by atoms with E-state index in [1.807, 2.05) is 6.92 Å². The van der Waals surface area contributed by atoms with E-state index in [0.29, 0.717) is 5.33 Å². The van der Waals surface area contributed by atoms with Gasteiger partial charge in [0.2, 0.25) is 0 Å². The molecule has 3 aliphatic rings. The van der Waals surface area contributed by atoms with Crippen molar-refractivity contribution in [3.05, 3.63) is 12.2 Å². The van der Waals surface area contributed by atoms with Crippen molar-refractivity contribution in [3.8, 4) is 0 Å². The number of halogens is 2. The molecule has 3 rings (SSSR count). The Morgan fingerprint density at radius 1 is 1.43 bits per heavy atom. The van der Waals surface area contributed by atoms with Crippen LogP contribution in [0.4, 0.5) is 0 Å². The molecular weight excluding hydrogens is 404 g/mol. The molecule has 1 N–H and O–H groups in total. The highest BCUT2D eigenvalue weighted by molar-refractivity contribution is 9.12. The van der Waals surface area contributed by atoms with Gasteiger partial charge in [0.15, 0.2) is 5.78 Å². The number of carbonyl (C=O) groups excluding carboxylic acids is 2. The summed E-state index contributed by atoms with van der Waals surface area (Å²) < 4.78 is 4.79. The molecule has 21 heavy (non-hydrogen) atoms. The number of hydrogen-bond donors (Lipinski definition) is 1. The molecular formula is C15H18Br2O4. The minimum absolute atomic E-state index is 0.0680. The Hall–Kier alpha value is -0.200. The molecule has 1 aliphatic heterocycles. The van der Waals surface area contributed by atoms with Crippen molar-refractivity contribution in [3.63, 3.8) is 0 Å². The maximum Gasteiger partial charge on any atom is 0.324 e. The largest absolute Gasteiger partial charge is 0.460 e. The lowest BCUT2D eigenvalue weighted by Gasteiger charge is -2.43. The van der Waals surface area contributed by atoms with Gasteiger partial charge in [-0.3, -0.25) is 9.59 Å². The molecule has 0 spiro atoms. The standard InChI is InChI=1S/C15H18Br2O4/c1-8-3-4-9-11(21-12(19)14(9,17)7-16)13(2)10(18)5-6-15(8,13)20/h5-6,8-9,11,20H,3-4,7H2,1-2H3/t8-,9+,11+,13-,14?,15+/m0/s1. The lowest BCUT2D eigenvalue weighted by molar-refractivity contribution is -0.166. The van der Waals surface area contributed by atoms with Crippen LogP contribution in [0.3, 0.4) is 0 Å². The number of ether oxygens (including phenoxy) is 1. The Morgan fingerprint density at radius 3 is 2.71 bits per heavy atom. The predicted octanol–water partition coefficient (Wildman–Crippen LogP) is 2.36. The summed E-state index contributed by atoms with van der Waals surface area (Å²) in [5.41, 5.74) is -2.37. The fraction of sp³-hybridized carbons (Fsp3) is 0.733. The van der Waals surface area contributed by atoms with Crippen LogP contribution < -0.4 is 0 Å². The van der Waals surface area contributed by atoms with Gasteiger partial charge < -0.3 is 9.84 Å². The molecule has 1 heterocycles. The average Bonchev–Trinajstić information content (AvgIpc) is 2.82. The fourth-order valence-corrected chi connectivity index (χ4v) is 5.39. The van der Waals surface area contributed by atoms with Crippen LogP contribution in [0, 0.1) is 17.3 Å². The van der Waals surface area contributed by atoms with Crippen molar-refractivity contribution in [1.29, 1.82) is 0 Å². The summed E-state index contributed by atoms with van der Waals surface area (Å²) in [5, 5.41) is 11.6. The van der Waals surface area contributed by atoms with E-state index < -0.39 is 21.4 Å². The smallest absolute Gasteiger partial charge is 0.324 e. The van der Waals surface area contributed by atoms with E-state index in [4.69, 9.17) is 4.74 Å². The molecule has 0 bridgehead atoms. The summed E-state index contributed by atoms with van der Waals surface area (Å²) in [6.07, 6.45) is 3.89. The van der Waals surface area contributed by atoms with Crippen molar-refractivity contribution in [2.45, 2.75) is 42.7 Å². The quantitative estimate of drug-likeness (QED) is 0.521. The van der Waals surface area contributed by atoms with Gasteiger partial charge in [0, 0.05) is 11.2 Å².